The average molecular weight is 306 g/mol. The molecule has 0 radical (unpaired) electrons. The van der Waals surface area contributed by atoms with Gasteiger partial charge in [0.1, 0.15) is 5.75 Å². The number of methoxy groups -OCH3 is 1. The Morgan fingerprint density at radius 1 is 1.38 bits per heavy atom. The first kappa shape index (κ1) is 16.2. The van der Waals surface area contributed by atoms with Crippen molar-refractivity contribution >= 4 is 11.8 Å². The predicted molar refractivity (Wildman–Crippen MR) is 86.7 cm³/mol. The van der Waals surface area contributed by atoms with Crippen molar-refractivity contribution in [3.05, 3.63) is 29.3 Å². The maximum atomic E-state index is 8.77. The number of thioether (sulfide) groups is 1. The van der Waals surface area contributed by atoms with E-state index in [1.54, 1.807) is 7.11 Å². The number of ether oxygens (including phenoxy) is 2. The van der Waals surface area contributed by atoms with E-state index in [0.717, 1.165) is 43.1 Å². The van der Waals surface area contributed by atoms with Crippen LogP contribution in [0.3, 0.4) is 0 Å². The van der Waals surface area contributed by atoms with E-state index in [-0.39, 0.29) is 6.61 Å². The molecule has 0 aromatic heterocycles. The zero-order valence-corrected chi connectivity index (χ0v) is 13.2. The molecule has 4 heteroatoms. The van der Waals surface area contributed by atoms with E-state index in [2.05, 4.69) is 17.9 Å². The zero-order valence-electron chi connectivity index (χ0n) is 12.4. The maximum absolute atomic E-state index is 8.77. The molecule has 21 heavy (non-hydrogen) atoms. The number of aliphatic hydroxyl groups is 1. The first-order chi connectivity index (χ1) is 10.3. The molecule has 1 aromatic rings. The summed E-state index contributed by atoms with van der Waals surface area (Å²) in [7, 11) is 1.70. The Balaban J connectivity index is 2.01. The summed E-state index contributed by atoms with van der Waals surface area (Å²) >= 11 is 1.97. The van der Waals surface area contributed by atoms with Gasteiger partial charge in [0.2, 0.25) is 0 Å². The van der Waals surface area contributed by atoms with Crippen molar-refractivity contribution in [2.24, 2.45) is 0 Å². The van der Waals surface area contributed by atoms with Crippen molar-refractivity contribution < 1.29 is 14.6 Å². The molecule has 1 saturated heterocycles. The van der Waals surface area contributed by atoms with Crippen LogP contribution < -0.4 is 4.74 Å². The summed E-state index contributed by atoms with van der Waals surface area (Å²) in [5, 5.41) is 9.45. The first-order valence-electron chi connectivity index (χ1n) is 7.29. The van der Waals surface area contributed by atoms with Crippen LogP contribution in [0.1, 0.15) is 30.4 Å². The van der Waals surface area contributed by atoms with Crippen LogP contribution in [0.25, 0.3) is 0 Å². The molecule has 3 nitrogen and oxygen atoms in total. The van der Waals surface area contributed by atoms with Gasteiger partial charge in [-0.15, -0.1) is 0 Å². The standard InChI is InChI=1S/C17H22O3S/c1-19-17-6-5-14(4-2-3-9-18)12-15(17)13-21-16-7-10-20-11-8-16/h5-6,12,16,18H,3,7-11,13H2,1H3. The molecule has 1 aromatic carbocycles. The van der Waals surface area contributed by atoms with Gasteiger partial charge < -0.3 is 14.6 Å². The Labute approximate surface area is 131 Å². The second-order valence-electron chi connectivity index (χ2n) is 4.92. The first-order valence-corrected chi connectivity index (χ1v) is 8.34. The van der Waals surface area contributed by atoms with Gasteiger partial charge in [0, 0.05) is 41.8 Å². The second-order valence-corrected chi connectivity index (χ2v) is 6.21. The van der Waals surface area contributed by atoms with Crippen LogP contribution in [0.4, 0.5) is 0 Å². The van der Waals surface area contributed by atoms with Crippen molar-refractivity contribution in [2.75, 3.05) is 26.9 Å². The zero-order chi connectivity index (χ0) is 14.9. The Bertz CT molecular complexity index is 498. The number of aliphatic hydroxyl groups excluding tert-OH is 1. The van der Waals surface area contributed by atoms with Gasteiger partial charge in [-0.1, -0.05) is 11.8 Å². The number of hydrogen-bond acceptors (Lipinski definition) is 4. The summed E-state index contributed by atoms with van der Waals surface area (Å²) in [5.41, 5.74) is 2.16. The van der Waals surface area contributed by atoms with Crippen molar-refractivity contribution in [3.63, 3.8) is 0 Å². The fourth-order valence-electron chi connectivity index (χ4n) is 2.24. The summed E-state index contributed by atoms with van der Waals surface area (Å²) in [6, 6.07) is 6.03. The highest BCUT2D eigenvalue weighted by atomic mass is 32.2. The van der Waals surface area contributed by atoms with Crippen molar-refractivity contribution in [1.82, 2.24) is 0 Å². The van der Waals surface area contributed by atoms with E-state index in [1.807, 2.05) is 23.9 Å². The minimum absolute atomic E-state index is 0.107. The summed E-state index contributed by atoms with van der Waals surface area (Å²) < 4.78 is 10.8. The molecule has 1 aliphatic heterocycles. The molecular weight excluding hydrogens is 284 g/mol. The number of benzene rings is 1. The third kappa shape index (κ3) is 5.28. The van der Waals surface area contributed by atoms with Crippen LogP contribution in [0.2, 0.25) is 0 Å². The predicted octanol–water partition coefficient (Wildman–Crippen LogP) is 2.84. The monoisotopic (exact) mass is 306 g/mol. The van der Waals surface area contributed by atoms with E-state index in [1.165, 1.54) is 5.56 Å². The van der Waals surface area contributed by atoms with Gasteiger partial charge in [-0.2, -0.15) is 11.8 Å². The van der Waals surface area contributed by atoms with E-state index in [9.17, 15) is 0 Å². The molecule has 0 saturated carbocycles. The summed E-state index contributed by atoms with van der Waals surface area (Å²) in [6.07, 6.45) is 2.77. The highest BCUT2D eigenvalue weighted by Crippen LogP contribution is 2.30. The SMILES string of the molecule is COc1ccc(C#CCCO)cc1CSC1CCOCC1. The number of rotatable bonds is 5. The van der Waals surface area contributed by atoms with Crippen molar-refractivity contribution in [1.29, 1.82) is 0 Å². The van der Waals surface area contributed by atoms with Crippen LogP contribution in [0.5, 0.6) is 5.75 Å². The van der Waals surface area contributed by atoms with Crippen LogP contribution >= 0.6 is 11.8 Å². The van der Waals surface area contributed by atoms with Crippen molar-refractivity contribution in [2.45, 2.75) is 30.3 Å². The lowest BCUT2D eigenvalue weighted by molar-refractivity contribution is 0.1000. The van der Waals surface area contributed by atoms with E-state index >= 15 is 0 Å². The molecule has 0 aliphatic carbocycles. The lowest BCUT2D eigenvalue weighted by Crippen LogP contribution is -2.17. The fourth-order valence-corrected chi connectivity index (χ4v) is 3.41. The highest BCUT2D eigenvalue weighted by Gasteiger charge is 2.15. The lowest BCUT2D eigenvalue weighted by atomic mass is 10.1. The minimum Gasteiger partial charge on any atom is -0.496 e. The molecule has 0 atom stereocenters. The average Bonchev–Trinajstić information content (AvgIpc) is 2.54. The molecule has 1 N–H and O–H groups in total. The Hall–Kier alpha value is -1.15. The van der Waals surface area contributed by atoms with Gasteiger partial charge in [0.25, 0.3) is 0 Å². The molecule has 0 unspecified atom stereocenters. The Morgan fingerprint density at radius 2 is 2.19 bits per heavy atom. The largest absolute Gasteiger partial charge is 0.496 e. The Morgan fingerprint density at radius 3 is 2.90 bits per heavy atom. The smallest absolute Gasteiger partial charge is 0.122 e. The molecule has 1 fully saturated rings. The van der Waals surface area contributed by atoms with E-state index in [4.69, 9.17) is 14.6 Å². The topological polar surface area (TPSA) is 38.7 Å². The van der Waals surface area contributed by atoms with Gasteiger partial charge in [0.05, 0.1) is 13.7 Å². The van der Waals surface area contributed by atoms with Gasteiger partial charge in [-0.25, -0.2) is 0 Å². The summed E-state index contributed by atoms with van der Waals surface area (Å²) in [5.74, 6) is 7.89. The van der Waals surface area contributed by atoms with Gasteiger partial charge >= 0.3 is 0 Å². The quantitative estimate of drug-likeness (QED) is 0.849. The molecule has 0 bridgehead atoms. The lowest BCUT2D eigenvalue weighted by Gasteiger charge is -2.21. The molecule has 1 heterocycles. The third-order valence-electron chi connectivity index (χ3n) is 3.39. The Kier molecular flexibility index (Phi) is 6.94. The molecule has 0 amide bonds. The molecule has 1 aliphatic rings. The maximum Gasteiger partial charge on any atom is 0.122 e. The molecular formula is C17H22O3S. The summed E-state index contributed by atoms with van der Waals surface area (Å²) in [6.45, 7) is 1.86. The molecule has 0 spiro atoms. The van der Waals surface area contributed by atoms with Crippen LogP contribution in [0.15, 0.2) is 18.2 Å². The van der Waals surface area contributed by atoms with Gasteiger partial charge in [-0.3, -0.25) is 0 Å². The van der Waals surface area contributed by atoms with Crippen molar-refractivity contribution in [3.8, 4) is 17.6 Å². The van der Waals surface area contributed by atoms with Crippen LogP contribution in [-0.4, -0.2) is 37.3 Å². The van der Waals surface area contributed by atoms with Crippen LogP contribution in [-0.2, 0) is 10.5 Å². The van der Waals surface area contributed by atoms with E-state index < -0.39 is 0 Å². The van der Waals surface area contributed by atoms with Gasteiger partial charge in [-0.05, 0) is 31.0 Å². The highest BCUT2D eigenvalue weighted by molar-refractivity contribution is 7.99. The normalized spacial score (nSPS) is 15.3. The molecule has 2 rings (SSSR count). The molecule has 114 valence electrons. The fraction of sp³-hybridized carbons (Fsp3) is 0.529. The van der Waals surface area contributed by atoms with E-state index in [0.29, 0.717) is 11.7 Å². The second kappa shape index (κ2) is 8.99. The van der Waals surface area contributed by atoms with Crippen LogP contribution in [0, 0.1) is 11.8 Å². The van der Waals surface area contributed by atoms with Gasteiger partial charge in [0.15, 0.2) is 0 Å². The number of hydrogen-bond donors (Lipinski definition) is 1. The third-order valence-corrected chi connectivity index (χ3v) is 4.81. The minimum atomic E-state index is 0.107. The summed E-state index contributed by atoms with van der Waals surface area (Å²) in [4.78, 5) is 0.